The first-order valence-electron chi connectivity index (χ1n) is 5.73. The van der Waals surface area contributed by atoms with Crippen LogP contribution in [-0.4, -0.2) is 20.0 Å². The molecular weight excluding hydrogens is 355 g/mol. The number of fused-ring (bicyclic) bond motifs is 1. The zero-order chi connectivity index (χ0) is 13.6. The van der Waals surface area contributed by atoms with E-state index in [0.29, 0.717) is 0 Å². The minimum Gasteiger partial charge on any atom is -0.508 e. The highest BCUT2D eigenvalue weighted by Crippen LogP contribution is 2.28. The molecule has 0 aliphatic heterocycles. The van der Waals surface area contributed by atoms with Gasteiger partial charge >= 0.3 is 0 Å². The van der Waals surface area contributed by atoms with Gasteiger partial charge in [-0.2, -0.15) is 5.10 Å². The van der Waals surface area contributed by atoms with Crippen LogP contribution in [0.4, 0.5) is 0 Å². The highest BCUT2D eigenvalue weighted by molar-refractivity contribution is 14.1. The Labute approximate surface area is 123 Å². The number of phenols is 2. The van der Waals surface area contributed by atoms with E-state index in [1.807, 2.05) is 17.7 Å². The summed E-state index contributed by atoms with van der Waals surface area (Å²) in [5, 5.41) is 24.5. The first kappa shape index (κ1) is 12.3. The molecule has 0 saturated carbocycles. The number of hydrogen-bond donors (Lipinski definition) is 2. The van der Waals surface area contributed by atoms with Crippen LogP contribution in [0.15, 0.2) is 36.4 Å². The minimum atomic E-state index is 0.229. The van der Waals surface area contributed by atoms with Gasteiger partial charge in [0.15, 0.2) is 0 Å². The molecule has 1 aromatic heterocycles. The second kappa shape index (κ2) is 4.41. The zero-order valence-corrected chi connectivity index (χ0v) is 12.3. The molecular formula is C14H11IN2O2. The summed E-state index contributed by atoms with van der Waals surface area (Å²) in [6, 6.07) is 10.3. The summed E-state index contributed by atoms with van der Waals surface area (Å²) in [6.07, 6.45) is 0. The average Bonchev–Trinajstić information content (AvgIpc) is 2.67. The highest BCUT2D eigenvalue weighted by atomic mass is 127. The monoisotopic (exact) mass is 366 g/mol. The number of rotatable bonds is 1. The normalized spacial score (nSPS) is 11.1. The maximum absolute atomic E-state index is 9.55. The van der Waals surface area contributed by atoms with Gasteiger partial charge in [0.1, 0.15) is 15.2 Å². The van der Waals surface area contributed by atoms with Crippen LogP contribution in [0.2, 0.25) is 0 Å². The summed E-state index contributed by atoms with van der Waals surface area (Å²) in [4.78, 5) is 0. The van der Waals surface area contributed by atoms with Crippen LogP contribution >= 0.6 is 22.6 Å². The van der Waals surface area contributed by atoms with Gasteiger partial charge in [-0.25, -0.2) is 4.68 Å². The Bertz CT molecular complexity index is 780. The van der Waals surface area contributed by atoms with Gasteiger partial charge in [0.25, 0.3) is 0 Å². The van der Waals surface area contributed by atoms with Crippen LogP contribution in [0.25, 0.3) is 16.6 Å². The molecule has 4 nitrogen and oxygen atoms in total. The summed E-state index contributed by atoms with van der Waals surface area (Å²) in [5.41, 5.74) is 2.68. The number of hydrogen-bond acceptors (Lipinski definition) is 3. The van der Waals surface area contributed by atoms with Crippen LogP contribution in [0.5, 0.6) is 11.5 Å². The standard InChI is InChI=1S/C14H11IN2O2/c1-8-6-9(18)3-5-13(8)17-14(15)11-7-10(19)2-4-12(11)16-17/h2-7,18-19H,1H3. The molecule has 0 unspecified atom stereocenters. The first-order chi connectivity index (χ1) is 9.06. The fourth-order valence-corrected chi connectivity index (χ4v) is 2.88. The Morgan fingerprint density at radius 1 is 1.05 bits per heavy atom. The van der Waals surface area contributed by atoms with Gasteiger partial charge < -0.3 is 10.2 Å². The fraction of sp³-hybridized carbons (Fsp3) is 0.0714. The maximum atomic E-state index is 9.55. The molecule has 0 radical (unpaired) electrons. The molecule has 0 atom stereocenters. The summed E-state index contributed by atoms with van der Waals surface area (Å²) in [5.74, 6) is 0.470. The van der Waals surface area contributed by atoms with E-state index in [0.717, 1.165) is 25.9 Å². The van der Waals surface area contributed by atoms with Crippen molar-refractivity contribution in [3.8, 4) is 17.2 Å². The number of phenolic OH excluding ortho intramolecular Hbond substituents is 2. The molecule has 0 fully saturated rings. The van der Waals surface area contributed by atoms with Crippen molar-refractivity contribution in [2.75, 3.05) is 0 Å². The van der Waals surface area contributed by atoms with Crippen molar-refractivity contribution in [2.45, 2.75) is 6.92 Å². The fourth-order valence-electron chi connectivity index (χ4n) is 2.08. The van der Waals surface area contributed by atoms with Gasteiger partial charge in [-0.1, -0.05) is 0 Å². The molecule has 19 heavy (non-hydrogen) atoms. The van der Waals surface area contributed by atoms with Crippen molar-refractivity contribution in [3.05, 3.63) is 45.7 Å². The lowest BCUT2D eigenvalue weighted by Crippen LogP contribution is -2.00. The van der Waals surface area contributed by atoms with Crippen molar-refractivity contribution in [3.63, 3.8) is 0 Å². The van der Waals surface area contributed by atoms with Crippen LogP contribution < -0.4 is 0 Å². The lowest BCUT2D eigenvalue weighted by molar-refractivity contribution is 0.474. The minimum absolute atomic E-state index is 0.229. The molecule has 0 aliphatic carbocycles. The Morgan fingerprint density at radius 3 is 2.47 bits per heavy atom. The Balaban J connectivity index is 2.28. The number of aromatic hydroxyl groups is 2. The predicted molar refractivity (Wildman–Crippen MR) is 81.9 cm³/mol. The van der Waals surface area contributed by atoms with E-state index >= 15 is 0 Å². The van der Waals surface area contributed by atoms with E-state index in [1.165, 1.54) is 0 Å². The lowest BCUT2D eigenvalue weighted by Gasteiger charge is -2.07. The molecule has 0 spiro atoms. The van der Waals surface area contributed by atoms with Crippen LogP contribution in [0.3, 0.4) is 0 Å². The van der Waals surface area contributed by atoms with E-state index in [-0.39, 0.29) is 11.5 Å². The van der Waals surface area contributed by atoms with Crippen molar-refractivity contribution < 1.29 is 10.2 Å². The van der Waals surface area contributed by atoms with Gasteiger partial charge in [-0.3, -0.25) is 0 Å². The summed E-state index contributed by atoms with van der Waals surface area (Å²) >= 11 is 2.21. The summed E-state index contributed by atoms with van der Waals surface area (Å²) < 4.78 is 2.75. The largest absolute Gasteiger partial charge is 0.508 e. The van der Waals surface area contributed by atoms with E-state index in [9.17, 15) is 10.2 Å². The van der Waals surface area contributed by atoms with Gasteiger partial charge in [0, 0.05) is 5.39 Å². The third-order valence-corrected chi connectivity index (χ3v) is 4.04. The molecule has 0 bridgehead atoms. The van der Waals surface area contributed by atoms with Crippen molar-refractivity contribution >= 4 is 33.5 Å². The molecule has 3 aromatic rings. The quantitative estimate of drug-likeness (QED) is 0.650. The lowest BCUT2D eigenvalue weighted by atomic mass is 10.2. The molecule has 96 valence electrons. The van der Waals surface area contributed by atoms with Gasteiger partial charge in [0.05, 0.1) is 11.2 Å². The van der Waals surface area contributed by atoms with Crippen LogP contribution in [-0.2, 0) is 0 Å². The second-order valence-electron chi connectivity index (χ2n) is 4.37. The smallest absolute Gasteiger partial charge is 0.116 e. The Hall–Kier alpha value is -1.76. The van der Waals surface area contributed by atoms with E-state index in [4.69, 9.17) is 0 Å². The summed E-state index contributed by atoms with van der Waals surface area (Å²) in [7, 11) is 0. The number of aromatic nitrogens is 2. The number of aryl methyl sites for hydroxylation is 1. The van der Waals surface area contributed by atoms with E-state index < -0.39 is 0 Å². The van der Waals surface area contributed by atoms with Crippen molar-refractivity contribution in [1.82, 2.24) is 9.78 Å². The van der Waals surface area contributed by atoms with Crippen molar-refractivity contribution in [1.29, 1.82) is 0 Å². The molecule has 0 amide bonds. The number of benzene rings is 2. The molecule has 0 aliphatic rings. The molecule has 2 N–H and O–H groups in total. The second-order valence-corrected chi connectivity index (χ2v) is 5.40. The van der Waals surface area contributed by atoms with Crippen LogP contribution in [0.1, 0.15) is 5.56 Å². The Kier molecular flexibility index (Phi) is 2.85. The number of halogens is 1. The molecule has 2 aromatic carbocycles. The molecule has 0 saturated heterocycles. The number of nitrogens with zero attached hydrogens (tertiary/aromatic N) is 2. The third kappa shape index (κ3) is 2.03. The van der Waals surface area contributed by atoms with Crippen LogP contribution in [0, 0.1) is 10.6 Å². The van der Waals surface area contributed by atoms with Gasteiger partial charge in [0.2, 0.25) is 0 Å². The predicted octanol–water partition coefficient (Wildman–Crippen LogP) is 3.35. The zero-order valence-electron chi connectivity index (χ0n) is 10.1. The Morgan fingerprint density at radius 2 is 1.74 bits per heavy atom. The maximum Gasteiger partial charge on any atom is 0.116 e. The SMILES string of the molecule is Cc1cc(O)ccc1-n1nc2ccc(O)cc2c1I. The molecule has 5 heteroatoms. The molecule has 1 heterocycles. The van der Waals surface area contributed by atoms with E-state index in [1.54, 1.807) is 30.3 Å². The highest BCUT2D eigenvalue weighted by Gasteiger charge is 2.12. The average molecular weight is 366 g/mol. The molecule has 3 rings (SSSR count). The topological polar surface area (TPSA) is 58.3 Å². The first-order valence-corrected chi connectivity index (χ1v) is 6.81. The van der Waals surface area contributed by atoms with Gasteiger partial charge in [-0.05, 0) is 71.5 Å². The summed E-state index contributed by atoms with van der Waals surface area (Å²) in [6.45, 7) is 1.93. The van der Waals surface area contributed by atoms with Gasteiger partial charge in [-0.15, -0.1) is 0 Å². The van der Waals surface area contributed by atoms with Crippen molar-refractivity contribution in [2.24, 2.45) is 0 Å². The third-order valence-electron chi connectivity index (χ3n) is 3.00. The van der Waals surface area contributed by atoms with E-state index in [2.05, 4.69) is 27.7 Å².